The third kappa shape index (κ3) is 5.80. The number of hydrogen-bond donors (Lipinski definition) is 0. The van der Waals surface area contributed by atoms with Crippen LogP contribution < -0.4 is 0 Å². The second kappa shape index (κ2) is 15.7. The van der Waals surface area contributed by atoms with Gasteiger partial charge in [0.05, 0.1) is 55.5 Å². The molecule has 0 N–H and O–H groups in total. The first-order chi connectivity index (χ1) is 36.0. The van der Waals surface area contributed by atoms with E-state index in [1.807, 2.05) is 36.4 Å². The van der Waals surface area contributed by atoms with Crippen molar-refractivity contribution >= 4 is 87.2 Å². The van der Waals surface area contributed by atoms with E-state index in [-0.39, 0.29) is 11.6 Å². The molecule has 0 atom stereocenters. The third-order valence-corrected chi connectivity index (χ3v) is 15.3. The average Bonchev–Trinajstić information content (AvgIpc) is 4.17. The largest absolute Gasteiger partial charge is 0.309 e. The van der Waals surface area contributed by atoms with Crippen LogP contribution in [0.5, 0.6) is 0 Å². The molecule has 15 rings (SSSR count). The van der Waals surface area contributed by atoms with Crippen LogP contribution in [-0.2, 0) is 0 Å². The first kappa shape index (κ1) is 41.3. The number of hydrogen-bond acceptors (Lipinski definition) is 0. The van der Waals surface area contributed by atoms with E-state index in [1.54, 1.807) is 12.1 Å². The second-order valence-electron chi connectivity index (χ2n) is 19.0. The molecule has 6 heteroatoms. The predicted octanol–water partition coefficient (Wildman–Crippen LogP) is 18.0. The molecule has 0 aliphatic rings. The number of fused-ring (bicyclic) bond motifs is 14. The van der Waals surface area contributed by atoms with Crippen molar-refractivity contribution in [2.45, 2.75) is 6.92 Å². The zero-order valence-electron chi connectivity index (χ0n) is 39.6. The summed E-state index contributed by atoms with van der Waals surface area (Å²) in [5.74, 6) is -0.733. The van der Waals surface area contributed by atoms with Crippen LogP contribution in [0.3, 0.4) is 0 Å². The summed E-state index contributed by atoms with van der Waals surface area (Å²) in [7, 11) is 0. The molecule has 4 aromatic heterocycles. The number of aromatic nitrogens is 4. The Hall–Kier alpha value is -9.52. The van der Waals surface area contributed by atoms with Crippen molar-refractivity contribution in [1.82, 2.24) is 18.3 Å². The number of para-hydroxylation sites is 6. The van der Waals surface area contributed by atoms with Gasteiger partial charge in [-0.3, -0.25) is 0 Å². The third-order valence-electron chi connectivity index (χ3n) is 15.3. The summed E-state index contributed by atoms with van der Waals surface area (Å²) in [6, 6.07) is 80.3. The van der Waals surface area contributed by atoms with E-state index in [1.165, 1.54) is 12.1 Å². The van der Waals surface area contributed by atoms with E-state index in [0.717, 1.165) is 116 Å². The molecule has 73 heavy (non-hydrogen) atoms. The molecule has 0 radical (unpaired) electrons. The van der Waals surface area contributed by atoms with E-state index in [9.17, 15) is 0 Å². The lowest BCUT2D eigenvalue weighted by Crippen LogP contribution is -2.09. The Bertz CT molecular complexity index is 4460. The minimum absolute atomic E-state index is 0.366. The Morgan fingerprint density at radius 1 is 0.274 bits per heavy atom. The van der Waals surface area contributed by atoms with Gasteiger partial charge in [0.25, 0.3) is 0 Å². The highest BCUT2D eigenvalue weighted by atomic mass is 19.1. The smallest absolute Gasteiger partial charge is 0.131 e. The molecule has 0 aliphatic carbocycles. The maximum atomic E-state index is 17.1. The molecule has 0 unspecified atom stereocenters. The van der Waals surface area contributed by atoms with E-state index < -0.39 is 0 Å². The van der Waals surface area contributed by atoms with Crippen LogP contribution in [-0.4, -0.2) is 18.3 Å². The van der Waals surface area contributed by atoms with Crippen molar-refractivity contribution in [3.05, 3.63) is 254 Å². The van der Waals surface area contributed by atoms with Gasteiger partial charge < -0.3 is 18.3 Å². The lowest BCUT2D eigenvalue weighted by Gasteiger charge is -2.25. The molecule has 344 valence electrons. The molecule has 0 bridgehead atoms. The molecule has 0 amide bonds. The van der Waals surface area contributed by atoms with Gasteiger partial charge in [-0.05, 0) is 91.3 Å². The Labute approximate surface area is 418 Å². The lowest BCUT2D eigenvalue weighted by molar-refractivity contribution is 0.631. The SMILES string of the molecule is Cc1c(-n2c3ccccc3c3ccc4c(c5ccccc5n4-c4ccccc4)c32)c(-c2ccccc2F)cc(-c2ccccc2F)c1-n1c2ccccc2c2ccc3c(c4ccccc4n3-c3ccccc3)c21. The van der Waals surface area contributed by atoms with Crippen molar-refractivity contribution in [2.24, 2.45) is 0 Å². The summed E-state index contributed by atoms with van der Waals surface area (Å²) >= 11 is 0. The number of halogens is 2. The average molecular weight is 941 g/mol. The zero-order chi connectivity index (χ0) is 48.5. The van der Waals surface area contributed by atoms with Crippen LogP contribution in [0, 0.1) is 18.6 Å². The van der Waals surface area contributed by atoms with Gasteiger partial charge in [0, 0.05) is 76.7 Å². The van der Waals surface area contributed by atoms with Crippen LogP contribution in [0.15, 0.2) is 237 Å². The zero-order valence-corrected chi connectivity index (χ0v) is 39.6. The summed E-state index contributed by atoms with van der Waals surface area (Å²) in [5.41, 5.74) is 15.0. The van der Waals surface area contributed by atoms with Crippen molar-refractivity contribution in [3.63, 3.8) is 0 Å². The fraction of sp³-hybridized carbons (Fsp3) is 0.0149. The van der Waals surface area contributed by atoms with Gasteiger partial charge in [-0.2, -0.15) is 0 Å². The maximum Gasteiger partial charge on any atom is 0.131 e. The van der Waals surface area contributed by atoms with E-state index in [2.05, 4.69) is 201 Å². The van der Waals surface area contributed by atoms with Gasteiger partial charge in [-0.1, -0.05) is 158 Å². The predicted molar refractivity (Wildman–Crippen MR) is 299 cm³/mol. The fourth-order valence-electron chi connectivity index (χ4n) is 12.3. The molecule has 15 aromatic rings. The van der Waals surface area contributed by atoms with Crippen LogP contribution in [0.4, 0.5) is 8.78 Å². The van der Waals surface area contributed by atoms with E-state index in [4.69, 9.17) is 0 Å². The Morgan fingerprint density at radius 2 is 0.616 bits per heavy atom. The quantitative estimate of drug-likeness (QED) is 0.158. The first-order valence-electron chi connectivity index (χ1n) is 24.7. The molecule has 11 aromatic carbocycles. The fourth-order valence-corrected chi connectivity index (χ4v) is 12.3. The van der Waals surface area contributed by atoms with Gasteiger partial charge in [-0.25, -0.2) is 8.78 Å². The molecule has 0 spiro atoms. The highest BCUT2D eigenvalue weighted by Crippen LogP contribution is 2.50. The molecule has 0 saturated heterocycles. The molecule has 0 aliphatic heterocycles. The number of rotatable bonds is 6. The Morgan fingerprint density at radius 3 is 1.03 bits per heavy atom. The second-order valence-corrected chi connectivity index (χ2v) is 19.0. The summed E-state index contributed by atoms with van der Waals surface area (Å²) in [6.45, 7) is 2.15. The van der Waals surface area contributed by atoms with Crippen LogP contribution in [0.1, 0.15) is 5.56 Å². The molecule has 4 heterocycles. The van der Waals surface area contributed by atoms with E-state index >= 15 is 8.78 Å². The Balaban J connectivity index is 1.19. The summed E-state index contributed by atoms with van der Waals surface area (Å²) in [4.78, 5) is 0. The van der Waals surface area contributed by atoms with Crippen molar-refractivity contribution in [2.75, 3.05) is 0 Å². The van der Waals surface area contributed by atoms with Gasteiger partial charge in [0.15, 0.2) is 0 Å². The van der Waals surface area contributed by atoms with Gasteiger partial charge >= 0.3 is 0 Å². The Kier molecular flexibility index (Phi) is 8.90. The monoisotopic (exact) mass is 940 g/mol. The summed E-state index contributed by atoms with van der Waals surface area (Å²) in [5, 5.41) is 8.66. The van der Waals surface area contributed by atoms with Crippen LogP contribution in [0.25, 0.3) is 132 Å². The van der Waals surface area contributed by atoms with Crippen molar-refractivity contribution in [3.8, 4) is 45.0 Å². The maximum absolute atomic E-state index is 17.1. The topological polar surface area (TPSA) is 19.7 Å². The summed E-state index contributed by atoms with van der Waals surface area (Å²) < 4.78 is 43.6. The van der Waals surface area contributed by atoms with Gasteiger partial charge in [0.2, 0.25) is 0 Å². The van der Waals surface area contributed by atoms with Crippen LogP contribution >= 0.6 is 0 Å². The van der Waals surface area contributed by atoms with Crippen LogP contribution in [0.2, 0.25) is 0 Å². The van der Waals surface area contributed by atoms with Gasteiger partial charge in [0.1, 0.15) is 11.6 Å². The lowest BCUT2D eigenvalue weighted by atomic mass is 9.91. The minimum atomic E-state index is -0.366. The standard InChI is InChI=1S/C67H42F2N4/c1-41-64(72-56-32-16-10-26-46(56)48-36-38-60-62(66(48)72)50-28-12-18-34-58(50)70(60)42-20-4-2-5-21-42)52(44-24-8-14-30-54(44)68)40-53(45-25-9-15-31-55(45)69)65(41)73-57-33-17-11-27-47(57)49-37-39-61-63(67(49)73)51-29-13-19-35-59(51)71(61)43-22-6-3-7-23-43/h2-40H,1H3. The van der Waals surface area contributed by atoms with Crippen molar-refractivity contribution < 1.29 is 8.78 Å². The highest BCUT2D eigenvalue weighted by Gasteiger charge is 2.30. The summed E-state index contributed by atoms with van der Waals surface area (Å²) in [6.07, 6.45) is 0. The molecule has 4 nitrogen and oxygen atoms in total. The van der Waals surface area contributed by atoms with E-state index in [0.29, 0.717) is 22.3 Å². The molecular weight excluding hydrogens is 899 g/mol. The normalized spacial score (nSPS) is 12.0. The number of benzene rings is 11. The molecule has 0 fully saturated rings. The molecular formula is C67H42F2N4. The molecule has 0 saturated carbocycles. The minimum Gasteiger partial charge on any atom is -0.309 e. The van der Waals surface area contributed by atoms with Crippen molar-refractivity contribution in [1.29, 1.82) is 0 Å². The number of nitrogens with zero attached hydrogens (tertiary/aromatic N) is 4. The highest BCUT2D eigenvalue weighted by molar-refractivity contribution is 6.28. The first-order valence-corrected chi connectivity index (χ1v) is 24.7. The van der Waals surface area contributed by atoms with Gasteiger partial charge in [-0.15, -0.1) is 0 Å².